The summed E-state index contributed by atoms with van der Waals surface area (Å²) in [6.07, 6.45) is 0. The van der Waals surface area contributed by atoms with E-state index >= 15 is 0 Å². The van der Waals surface area contributed by atoms with Gasteiger partial charge in [-0.15, -0.1) is 0 Å². The molecule has 0 aliphatic heterocycles. The Morgan fingerprint density at radius 1 is 0.926 bits per heavy atom. The van der Waals surface area contributed by atoms with Gasteiger partial charge in [0.05, 0.1) is 29.6 Å². The number of hydrogen-bond donors (Lipinski definition) is 1. The Morgan fingerprint density at radius 2 is 1.41 bits per heavy atom. The third-order valence-corrected chi connectivity index (χ3v) is 4.30. The minimum absolute atomic E-state index is 0.119. The standard InChI is InChI=1S/C22H23N3O2/c1-4-27-22-23-15(2)20(16(3)24-22)25-21(26)19(17-11-7-5-8-12-17)18-13-9-6-10-14-18/h5-14,19H,4H2,1-3H3,(H,25,26). The molecular weight excluding hydrogens is 338 g/mol. The lowest BCUT2D eigenvalue weighted by Gasteiger charge is -2.19. The van der Waals surface area contributed by atoms with Crippen molar-refractivity contribution < 1.29 is 9.53 Å². The molecular formula is C22H23N3O2. The minimum Gasteiger partial charge on any atom is -0.464 e. The molecule has 0 radical (unpaired) electrons. The number of anilines is 1. The van der Waals surface area contributed by atoms with Gasteiger partial charge in [0.25, 0.3) is 0 Å². The zero-order valence-electron chi connectivity index (χ0n) is 15.8. The van der Waals surface area contributed by atoms with E-state index in [9.17, 15) is 4.79 Å². The molecule has 27 heavy (non-hydrogen) atoms. The van der Waals surface area contributed by atoms with Crippen molar-refractivity contribution in [3.8, 4) is 6.01 Å². The Morgan fingerprint density at radius 3 is 1.85 bits per heavy atom. The number of amides is 1. The molecule has 0 bridgehead atoms. The van der Waals surface area contributed by atoms with Crippen molar-refractivity contribution in [1.82, 2.24) is 9.97 Å². The Kier molecular flexibility index (Phi) is 5.81. The van der Waals surface area contributed by atoms with Gasteiger partial charge in [-0.1, -0.05) is 60.7 Å². The number of benzene rings is 2. The SMILES string of the molecule is CCOc1nc(C)c(NC(=O)C(c2ccccc2)c2ccccc2)c(C)n1. The molecule has 5 nitrogen and oxygen atoms in total. The summed E-state index contributed by atoms with van der Waals surface area (Å²) in [6, 6.07) is 19.8. The van der Waals surface area contributed by atoms with Crippen LogP contribution in [0.1, 0.15) is 35.4 Å². The summed E-state index contributed by atoms with van der Waals surface area (Å²) in [6.45, 7) is 6.06. The van der Waals surface area contributed by atoms with E-state index in [2.05, 4.69) is 15.3 Å². The Balaban J connectivity index is 1.94. The van der Waals surface area contributed by atoms with Crippen LogP contribution in [0.2, 0.25) is 0 Å². The molecule has 1 N–H and O–H groups in total. The number of aryl methyl sites for hydroxylation is 2. The minimum atomic E-state index is -0.419. The van der Waals surface area contributed by atoms with E-state index in [-0.39, 0.29) is 5.91 Å². The molecule has 1 heterocycles. The predicted molar refractivity (Wildman–Crippen MR) is 106 cm³/mol. The molecule has 0 spiro atoms. The Bertz CT molecular complexity index is 849. The van der Waals surface area contributed by atoms with Gasteiger partial charge in [-0.25, -0.2) is 0 Å². The zero-order valence-corrected chi connectivity index (χ0v) is 15.8. The molecule has 5 heteroatoms. The molecule has 0 aliphatic carbocycles. The van der Waals surface area contributed by atoms with E-state index in [0.717, 1.165) is 11.1 Å². The van der Waals surface area contributed by atoms with E-state index in [0.29, 0.717) is 29.7 Å². The number of nitrogens with one attached hydrogen (secondary N) is 1. The van der Waals surface area contributed by atoms with E-state index in [1.54, 1.807) is 0 Å². The lowest BCUT2D eigenvalue weighted by molar-refractivity contribution is -0.116. The lowest BCUT2D eigenvalue weighted by Crippen LogP contribution is -2.23. The van der Waals surface area contributed by atoms with E-state index in [1.807, 2.05) is 81.4 Å². The number of carbonyl (C=O) groups is 1. The van der Waals surface area contributed by atoms with Crippen molar-refractivity contribution in [2.24, 2.45) is 0 Å². The molecule has 0 fully saturated rings. The first-order chi connectivity index (χ1) is 13.1. The maximum atomic E-state index is 13.2. The van der Waals surface area contributed by atoms with Crippen LogP contribution >= 0.6 is 0 Å². The molecule has 3 rings (SSSR count). The van der Waals surface area contributed by atoms with Gasteiger partial charge >= 0.3 is 6.01 Å². The van der Waals surface area contributed by atoms with E-state index < -0.39 is 5.92 Å². The number of ether oxygens (including phenoxy) is 1. The molecule has 2 aromatic carbocycles. The topological polar surface area (TPSA) is 64.1 Å². The fourth-order valence-electron chi connectivity index (χ4n) is 3.04. The van der Waals surface area contributed by atoms with E-state index in [1.165, 1.54) is 0 Å². The molecule has 1 aromatic heterocycles. The monoisotopic (exact) mass is 361 g/mol. The molecule has 0 unspecified atom stereocenters. The summed E-state index contributed by atoms with van der Waals surface area (Å²) in [5.41, 5.74) is 3.85. The second kappa shape index (κ2) is 8.45. The third kappa shape index (κ3) is 4.31. The van der Waals surface area contributed by atoms with Crippen LogP contribution in [0, 0.1) is 13.8 Å². The second-order valence-corrected chi connectivity index (χ2v) is 6.23. The summed E-state index contributed by atoms with van der Waals surface area (Å²) in [7, 11) is 0. The fraction of sp³-hybridized carbons (Fsp3) is 0.227. The van der Waals surface area contributed by atoms with Crippen molar-refractivity contribution in [1.29, 1.82) is 0 Å². The van der Waals surface area contributed by atoms with Gasteiger partial charge in [-0.3, -0.25) is 4.79 Å². The van der Waals surface area contributed by atoms with Gasteiger partial charge in [0.2, 0.25) is 5.91 Å². The zero-order chi connectivity index (χ0) is 19.2. The van der Waals surface area contributed by atoms with Gasteiger partial charge in [0, 0.05) is 0 Å². The molecule has 0 aliphatic rings. The second-order valence-electron chi connectivity index (χ2n) is 6.23. The first-order valence-corrected chi connectivity index (χ1v) is 8.99. The van der Waals surface area contributed by atoms with Crippen LogP contribution in [0.25, 0.3) is 0 Å². The molecule has 0 saturated carbocycles. The Labute approximate surface area is 159 Å². The molecule has 0 saturated heterocycles. The Hall–Kier alpha value is -3.21. The highest BCUT2D eigenvalue weighted by Gasteiger charge is 2.24. The normalized spacial score (nSPS) is 10.7. The van der Waals surface area contributed by atoms with Gasteiger partial charge < -0.3 is 10.1 Å². The van der Waals surface area contributed by atoms with Crippen LogP contribution in [0.15, 0.2) is 60.7 Å². The lowest BCUT2D eigenvalue weighted by atomic mass is 9.90. The molecule has 0 atom stereocenters. The van der Waals surface area contributed by atoms with Crippen molar-refractivity contribution in [3.05, 3.63) is 83.2 Å². The third-order valence-electron chi connectivity index (χ3n) is 4.30. The van der Waals surface area contributed by atoms with Crippen molar-refractivity contribution in [2.45, 2.75) is 26.7 Å². The first kappa shape index (κ1) is 18.6. The van der Waals surface area contributed by atoms with Crippen molar-refractivity contribution in [3.63, 3.8) is 0 Å². The number of nitrogens with zero attached hydrogens (tertiary/aromatic N) is 2. The van der Waals surface area contributed by atoms with Crippen LogP contribution < -0.4 is 10.1 Å². The predicted octanol–water partition coefficient (Wildman–Crippen LogP) is 4.26. The van der Waals surface area contributed by atoms with Gasteiger partial charge in [-0.05, 0) is 31.9 Å². The fourth-order valence-corrected chi connectivity index (χ4v) is 3.04. The highest BCUT2D eigenvalue weighted by atomic mass is 16.5. The smallest absolute Gasteiger partial charge is 0.316 e. The van der Waals surface area contributed by atoms with Crippen LogP contribution in [-0.2, 0) is 4.79 Å². The summed E-state index contributed by atoms with van der Waals surface area (Å²) in [5, 5.41) is 3.03. The number of aromatic nitrogens is 2. The largest absolute Gasteiger partial charge is 0.464 e. The van der Waals surface area contributed by atoms with Crippen molar-refractivity contribution in [2.75, 3.05) is 11.9 Å². The van der Waals surface area contributed by atoms with Gasteiger partial charge in [-0.2, -0.15) is 9.97 Å². The van der Waals surface area contributed by atoms with Gasteiger partial charge in [0.1, 0.15) is 0 Å². The molecule has 138 valence electrons. The quantitative estimate of drug-likeness (QED) is 0.712. The van der Waals surface area contributed by atoms with Crippen molar-refractivity contribution >= 4 is 11.6 Å². The van der Waals surface area contributed by atoms with Crippen LogP contribution in [0.5, 0.6) is 6.01 Å². The highest BCUT2D eigenvalue weighted by Crippen LogP contribution is 2.28. The summed E-state index contributed by atoms with van der Waals surface area (Å²) in [4.78, 5) is 21.9. The van der Waals surface area contributed by atoms with Gasteiger partial charge in [0.15, 0.2) is 0 Å². The first-order valence-electron chi connectivity index (χ1n) is 8.99. The maximum absolute atomic E-state index is 13.2. The number of hydrogen-bond acceptors (Lipinski definition) is 4. The average molecular weight is 361 g/mol. The molecule has 1 amide bonds. The molecule has 3 aromatic rings. The number of rotatable bonds is 6. The number of carbonyl (C=O) groups excluding carboxylic acids is 1. The van der Waals surface area contributed by atoms with Crippen LogP contribution in [0.4, 0.5) is 5.69 Å². The summed E-state index contributed by atoms with van der Waals surface area (Å²) < 4.78 is 5.38. The van der Waals surface area contributed by atoms with E-state index in [4.69, 9.17) is 4.74 Å². The summed E-state index contributed by atoms with van der Waals surface area (Å²) >= 11 is 0. The average Bonchev–Trinajstić information content (AvgIpc) is 2.67. The highest BCUT2D eigenvalue weighted by molar-refractivity contribution is 5.98. The van der Waals surface area contributed by atoms with Crippen LogP contribution in [0.3, 0.4) is 0 Å². The summed E-state index contributed by atoms with van der Waals surface area (Å²) in [5.74, 6) is -0.538. The maximum Gasteiger partial charge on any atom is 0.316 e. The van der Waals surface area contributed by atoms with Crippen LogP contribution in [-0.4, -0.2) is 22.5 Å².